The van der Waals surface area contributed by atoms with E-state index >= 15 is 0 Å². The normalized spacial score (nSPS) is 15.7. The van der Waals surface area contributed by atoms with Gasteiger partial charge in [0.15, 0.2) is 0 Å². The minimum Gasteiger partial charge on any atom is -0.341 e. The van der Waals surface area contributed by atoms with E-state index in [0.29, 0.717) is 25.9 Å². The quantitative estimate of drug-likeness (QED) is 0.561. The van der Waals surface area contributed by atoms with Gasteiger partial charge in [0.2, 0.25) is 5.91 Å². The maximum atomic E-state index is 13.0. The van der Waals surface area contributed by atoms with Crippen LogP contribution in [0.3, 0.4) is 0 Å². The molecular formula is C18H25ClN4O4. The average Bonchev–Trinajstić information content (AvgIpc) is 2.64. The Hall–Kier alpha value is -2.35. The highest BCUT2D eigenvalue weighted by Gasteiger charge is 2.42. The summed E-state index contributed by atoms with van der Waals surface area (Å²) in [6.45, 7) is 4.98. The molecule has 9 heteroatoms. The van der Waals surface area contributed by atoms with Gasteiger partial charge in [0.1, 0.15) is 5.54 Å². The standard InChI is InChI=1S/C18H25ClN4O4/c1-3-22(4-2)16(24)18(10-6-5-7-11-18)21-17(25)20-15-9-8-13(23(26)27)12-14(15)19/h8-9,12H,3-7,10-11H2,1-2H3,(H2,20,21,25). The minimum atomic E-state index is -0.929. The van der Waals surface area contributed by atoms with Gasteiger partial charge in [-0.2, -0.15) is 0 Å². The zero-order valence-electron chi connectivity index (χ0n) is 15.6. The van der Waals surface area contributed by atoms with Crippen molar-refractivity contribution in [3.8, 4) is 0 Å². The van der Waals surface area contributed by atoms with Gasteiger partial charge in [-0.1, -0.05) is 30.9 Å². The van der Waals surface area contributed by atoms with Crippen LogP contribution in [-0.2, 0) is 4.79 Å². The summed E-state index contributed by atoms with van der Waals surface area (Å²) in [7, 11) is 0. The van der Waals surface area contributed by atoms with Crippen molar-refractivity contribution in [1.82, 2.24) is 10.2 Å². The number of rotatable bonds is 6. The van der Waals surface area contributed by atoms with Gasteiger partial charge in [-0.3, -0.25) is 14.9 Å². The zero-order chi connectivity index (χ0) is 20.0. The van der Waals surface area contributed by atoms with Crippen LogP contribution in [0.25, 0.3) is 0 Å². The average molecular weight is 397 g/mol. The Kier molecular flexibility index (Phi) is 7.01. The van der Waals surface area contributed by atoms with Crippen LogP contribution in [0, 0.1) is 10.1 Å². The third kappa shape index (κ3) is 4.88. The number of anilines is 1. The van der Waals surface area contributed by atoms with Crippen molar-refractivity contribution in [2.45, 2.75) is 51.5 Å². The summed E-state index contributed by atoms with van der Waals surface area (Å²) in [4.78, 5) is 37.6. The molecule has 8 nitrogen and oxygen atoms in total. The first kappa shape index (κ1) is 21.0. The molecule has 2 rings (SSSR count). The molecule has 1 aromatic rings. The van der Waals surface area contributed by atoms with Gasteiger partial charge < -0.3 is 15.5 Å². The van der Waals surface area contributed by atoms with Crippen LogP contribution >= 0.6 is 11.6 Å². The van der Waals surface area contributed by atoms with Gasteiger partial charge in [-0.25, -0.2) is 4.79 Å². The number of benzene rings is 1. The molecule has 0 aromatic heterocycles. The Bertz CT molecular complexity index is 715. The summed E-state index contributed by atoms with van der Waals surface area (Å²) in [5.74, 6) is -0.0721. The van der Waals surface area contributed by atoms with Crippen LogP contribution in [0.1, 0.15) is 46.0 Å². The first-order chi connectivity index (χ1) is 12.8. The second-order valence-electron chi connectivity index (χ2n) is 6.62. The maximum absolute atomic E-state index is 13.0. The van der Waals surface area contributed by atoms with Crippen LogP contribution in [-0.4, -0.2) is 40.4 Å². The molecule has 1 saturated carbocycles. The first-order valence-electron chi connectivity index (χ1n) is 9.15. The van der Waals surface area contributed by atoms with Crippen LogP contribution in [0.4, 0.5) is 16.2 Å². The lowest BCUT2D eigenvalue weighted by Gasteiger charge is -2.39. The summed E-state index contributed by atoms with van der Waals surface area (Å²) in [6, 6.07) is 3.26. The van der Waals surface area contributed by atoms with Crippen molar-refractivity contribution in [1.29, 1.82) is 0 Å². The smallest absolute Gasteiger partial charge is 0.320 e. The van der Waals surface area contributed by atoms with Gasteiger partial charge in [-0.05, 0) is 32.8 Å². The Morgan fingerprint density at radius 1 is 1.22 bits per heavy atom. The Labute approximate surface area is 163 Å². The molecule has 1 fully saturated rings. The fourth-order valence-corrected chi connectivity index (χ4v) is 3.67. The Morgan fingerprint density at radius 3 is 2.37 bits per heavy atom. The van der Waals surface area contributed by atoms with Crippen molar-refractivity contribution in [3.05, 3.63) is 33.3 Å². The molecule has 1 aliphatic carbocycles. The van der Waals surface area contributed by atoms with E-state index in [4.69, 9.17) is 11.6 Å². The number of halogens is 1. The summed E-state index contributed by atoms with van der Waals surface area (Å²) < 4.78 is 0. The SMILES string of the molecule is CCN(CC)C(=O)C1(NC(=O)Nc2ccc([N+](=O)[O-])cc2Cl)CCCCC1. The Balaban J connectivity index is 2.17. The first-order valence-corrected chi connectivity index (χ1v) is 9.53. The number of non-ortho nitro benzene ring substituents is 1. The van der Waals surface area contributed by atoms with E-state index < -0.39 is 16.5 Å². The molecule has 0 heterocycles. The second kappa shape index (κ2) is 9.03. The highest BCUT2D eigenvalue weighted by molar-refractivity contribution is 6.33. The number of nitro benzene ring substituents is 1. The molecule has 0 unspecified atom stereocenters. The van der Waals surface area contributed by atoms with Gasteiger partial charge in [0, 0.05) is 25.2 Å². The number of nitrogens with zero attached hydrogens (tertiary/aromatic N) is 2. The van der Waals surface area contributed by atoms with E-state index in [1.807, 2.05) is 13.8 Å². The van der Waals surface area contributed by atoms with Crippen molar-refractivity contribution >= 4 is 34.9 Å². The monoisotopic (exact) mass is 396 g/mol. The van der Waals surface area contributed by atoms with E-state index in [0.717, 1.165) is 19.3 Å². The predicted octanol–water partition coefficient (Wildman–Crippen LogP) is 3.94. The maximum Gasteiger partial charge on any atom is 0.320 e. The van der Waals surface area contributed by atoms with E-state index in [1.165, 1.54) is 18.2 Å². The van der Waals surface area contributed by atoms with Crippen LogP contribution in [0.15, 0.2) is 18.2 Å². The highest BCUT2D eigenvalue weighted by atomic mass is 35.5. The lowest BCUT2D eigenvalue weighted by molar-refractivity contribution is -0.384. The summed E-state index contributed by atoms with van der Waals surface area (Å²) in [5.41, 5.74) is -0.839. The Morgan fingerprint density at radius 2 is 1.85 bits per heavy atom. The molecule has 3 amide bonds. The molecule has 27 heavy (non-hydrogen) atoms. The third-order valence-electron chi connectivity index (χ3n) is 4.93. The molecule has 2 N–H and O–H groups in total. The van der Waals surface area contributed by atoms with Gasteiger partial charge >= 0.3 is 6.03 Å². The van der Waals surface area contributed by atoms with E-state index in [1.54, 1.807) is 4.90 Å². The fraction of sp³-hybridized carbons (Fsp3) is 0.556. The molecule has 1 aliphatic rings. The number of urea groups is 1. The molecule has 1 aromatic carbocycles. The topological polar surface area (TPSA) is 105 Å². The summed E-state index contributed by atoms with van der Waals surface area (Å²) in [5, 5.41) is 16.3. The van der Waals surface area contributed by atoms with Crippen molar-refractivity contribution in [2.24, 2.45) is 0 Å². The van der Waals surface area contributed by atoms with E-state index in [9.17, 15) is 19.7 Å². The van der Waals surface area contributed by atoms with Crippen LogP contribution < -0.4 is 10.6 Å². The van der Waals surface area contributed by atoms with E-state index in [-0.39, 0.29) is 22.3 Å². The molecular weight excluding hydrogens is 372 g/mol. The van der Waals surface area contributed by atoms with Crippen molar-refractivity contribution < 1.29 is 14.5 Å². The number of amides is 3. The molecule has 0 spiro atoms. The third-order valence-corrected chi connectivity index (χ3v) is 5.24. The van der Waals surface area contributed by atoms with Crippen LogP contribution in [0.5, 0.6) is 0 Å². The number of carbonyl (C=O) groups is 2. The fourth-order valence-electron chi connectivity index (χ4n) is 3.45. The van der Waals surface area contributed by atoms with Crippen LogP contribution in [0.2, 0.25) is 5.02 Å². The predicted molar refractivity (Wildman–Crippen MR) is 104 cm³/mol. The lowest BCUT2D eigenvalue weighted by atomic mass is 9.80. The minimum absolute atomic E-state index is 0.0621. The van der Waals surface area contributed by atoms with Gasteiger partial charge in [-0.15, -0.1) is 0 Å². The molecule has 0 atom stereocenters. The molecule has 0 bridgehead atoms. The number of carbonyl (C=O) groups excluding carboxylic acids is 2. The number of hydrogen-bond donors (Lipinski definition) is 2. The van der Waals surface area contributed by atoms with Crippen molar-refractivity contribution in [2.75, 3.05) is 18.4 Å². The summed E-state index contributed by atoms with van der Waals surface area (Å²) in [6.07, 6.45) is 3.94. The summed E-state index contributed by atoms with van der Waals surface area (Å²) >= 11 is 6.03. The molecule has 148 valence electrons. The number of nitro groups is 1. The lowest BCUT2D eigenvalue weighted by Crippen LogP contribution is -2.61. The largest absolute Gasteiger partial charge is 0.341 e. The number of hydrogen-bond acceptors (Lipinski definition) is 4. The van der Waals surface area contributed by atoms with E-state index in [2.05, 4.69) is 10.6 Å². The van der Waals surface area contributed by atoms with Gasteiger partial charge in [0.05, 0.1) is 15.6 Å². The number of likely N-dealkylation sites (N-methyl/N-ethyl adjacent to an activating group) is 1. The van der Waals surface area contributed by atoms with Gasteiger partial charge in [0.25, 0.3) is 5.69 Å². The molecule has 0 radical (unpaired) electrons. The molecule has 0 aliphatic heterocycles. The highest BCUT2D eigenvalue weighted by Crippen LogP contribution is 2.31. The number of nitrogens with one attached hydrogen (secondary N) is 2. The molecule has 0 saturated heterocycles. The second-order valence-corrected chi connectivity index (χ2v) is 7.03. The van der Waals surface area contributed by atoms with Crippen molar-refractivity contribution in [3.63, 3.8) is 0 Å². The zero-order valence-corrected chi connectivity index (χ0v) is 16.3.